The van der Waals surface area contributed by atoms with E-state index in [0.29, 0.717) is 23.1 Å². The van der Waals surface area contributed by atoms with Crippen LogP contribution >= 0.6 is 11.6 Å². The molecule has 0 aliphatic heterocycles. The third kappa shape index (κ3) is 3.15. The summed E-state index contributed by atoms with van der Waals surface area (Å²) in [4.78, 5) is 0. The molecule has 1 radical (unpaired) electrons. The van der Waals surface area contributed by atoms with Crippen molar-refractivity contribution in [2.24, 2.45) is 5.73 Å². The Balaban J connectivity index is 2.19. The minimum absolute atomic E-state index is 0.375. The van der Waals surface area contributed by atoms with E-state index in [0.717, 1.165) is 11.3 Å². The monoisotopic (exact) mass is 262 g/mol. The predicted octanol–water partition coefficient (Wildman–Crippen LogP) is 3.40. The largest absolute Gasteiger partial charge is 0.497 e. The first-order valence-electron chi connectivity index (χ1n) is 5.45. The highest BCUT2D eigenvalue weighted by molar-refractivity contribution is 6.30. The van der Waals surface area contributed by atoms with Gasteiger partial charge in [0.2, 0.25) is 0 Å². The van der Waals surface area contributed by atoms with Crippen LogP contribution < -0.4 is 15.2 Å². The zero-order valence-electron chi connectivity index (χ0n) is 9.94. The second-order valence-corrected chi connectivity index (χ2v) is 4.08. The van der Waals surface area contributed by atoms with Gasteiger partial charge in [0.1, 0.15) is 17.2 Å². The quantitative estimate of drug-likeness (QED) is 0.918. The molecular formula is C14H13ClNO2. The summed E-state index contributed by atoms with van der Waals surface area (Å²) in [6, 6.07) is 13.8. The summed E-state index contributed by atoms with van der Waals surface area (Å²) in [5.41, 5.74) is 6.37. The van der Waals surface area contributed by atoms with Crippen LogP contribution in [-0.4, -0.2) is 7.11 Å². The van der Waals surface area contributed by atoms with Crippen LogP contribution in [0, 0.1) is 6.07 Å². The van der Waals surface area contributed by atoms with E-state index in [4.69, 9.17) is 26.8 Å². The van der Waals surface area contributed by atoms with Gasteiger partial charge in [-0.25, -0.2) is 0 Å². The highest BCUT2D eigenvalue weighted by Gasteiger charge is 2.02. The van der Waals surface area contributed by atoms with Gasteiger partial charge in [-0.3, -0.25) is 0 Å². The molecule has 0 aromatic heterocycles. The number of nitrogens with two attached hydrogens (primary N) is 1. The lowest BCUT2D eigenvalue weighted by Gasteiger charge is -2.08. The third-order valence-electron chi connectivity index (χ3n) is 2.38. The van der Waals surface area contributed by atoms with Crippen LogP contribution in [0.5, 0.6) is 17.2 Å². The van der Waals surface area contributed by atoms with Crippen LogP contribution in [0.4, 0.5) is 0 Å². The molecule has 93 valence electrons. The molecule has 2 N–H and O–H groups in total. The first-order valence-corrected chi connectivity index (χ1v) is 5.83. The number of benzene rings is 2. The fraction of sp³-hybridized carbons (Fsp3) is 0.143. The number of halogens is 1. The maximum Gasteiger partial charge on any atom is 0.129 e. The van der Waals surface area contributed by atoms with Crippen molar-refractivity contribution in [2.75, 3.05) is 7.11 Å². The standard InChI is InChI=1S/C14H13ClNO2/c1-17-12-2-4-13(5-3-12)18-14-7-10(9-16)6-11(15)8-14/h2-5,7-8H,9,16H2,1H3. The van der Waals surface area contributed by atoms with Gasteiger partial charge in [-0.2, -0.15) is 0 Å². The second-order valence-electron chi connectivity index (χ2n) is 3.67. The van der Waals surface area contributed by atoms with Crippen LogP contribution in [0.25, 0.3) is 0 Å². The molecule has 0 unspecified atom stereocenters. The van der Waals surface area contributed by atoms with Crippen LogP contribution in [0.1, 0.15) is 5.56 Å². The summed E-state index contributed by atoms with van der Waals surface area (Å²) in [6.07, 6.45) is 0. The first kappa shape index (κ1) is 12.7. The number of hydrogen-bond donors (Lipinski definition) is 1. The molecule has 0 bridgehead atoms. The minimum Gasteiger partial charge on any atom is -0.497 e. The van der Waals surface area contributed by atoms with Crippen molar-refractivity contribution in [3.8, 4) is 17.2 Å². The molecule has 3 nitrogen and oxygen atoms in total. The number of ether oxygens (including phenoxy) is 2. The molecule has 0 spiro atoms. The van der Waals surface area contributed by atoms with Gasteiger partial charge in [-0.05, 0) is 35.9 Å². The molecule has 0 atom stereocenters. The van der Waals surface area contributed by atoms with Gasteiger partial charge in [-0.1, -0.05) is 11.6 Å². The Kier molecular flexibility index (Phi) is 4.07. The Labute approximate surface area is 111 Å². The zero-order chi connectivity index (χ0) is 13.0. The molecule has 0 amide bonds. The average molecular weight is 263 g/mol. The number of hydrogen-bond acceptors (Lipinski definition) is 3. The van der Waals surface area contributed by atoms with E-state index in [9.17, 15) is 0 Å². The van der Waals surface area contributed by atoms with E-state index in [1.807, 2.05) is 30.3 Å². The maximum absolute atomic E-state index is 5.93. The maximum atomic E-state index is 5.93. The lowest BCUT2D eigenvalue weighted by Crippen LogP contribution is -1.97. The van der Waals surface area contributed by atoms with Crippen molar-refractivity contribution < 1.29 is 9.47 Å². The highest BCUT2D eigenvalue weighted by Crippen LogP contribution is 2.27. The van der Waals surface area contributed by atoms with Gasteiger partial charge in [0.05, 0.1) is 12.1 Å². The molecule has 0 saturated carbocycles. The Bertz CT molecular complexity index is 526. The third-order valence-corrected chi connectivity index (χ3v) is 2.58. The lowest BCUT2D eigenvalue weighted by molar-refractivity contribution is 0.413. The molecule has 0 aliphatic carbocycles. The van der Waals surface area contributed by atoms with Crippen LogP contribution in [0.3, 0.4) is 0 Å². The molecular weight excluding hydrogens is 250 g/mol. The molecule has 0 heterocycles. The molecule has 0 fully saturated rings. The lowest BCUT2D eigenvalue weighted by atomic mass is 10.2. The first-order chi connectivity index (χ1) is 8.71. The Morgan fingerprint density at radius 3 is 2.39 bits per heavy atom. The molecule has 2 rings (SSSR count). The molecule has 2 aromatic rings. The average Bonchev–Trinajstić information content (AvgIpc) is 2.39. The highest BCUT2D eigenvalue weighted by atomic mass is 35.5. The summed E-state index contributed by atoms with van der Waals surface area (Å²) >= 11 is 5.93. The van der Waals surface area contributed by atoms with Crippen LogP contribution in [-0.2, 0) is 6.54 Å². The van der Waals surface area contributed by atoms with E-state index in [1.165, 1.54) is 0 Å². The molecule has 18 heavy (non-hydrogen) atoms. The molecule has 4 heteroatoms. The summed E-state index contributed by atoms with van der Waals surface area (Å²) in [5.74, 6) is 2.13. The fourth-order valence-corrected chi connectivity index (χ4v) is 1.74. The second kappa shape index (κ2) is 5.76. The normalized spacial score (nSPS) is 10.2. The van der Waals surface area contributed by atoms with E-state index in [-0.39, 0.29) is 0 Å². The van der Waals surface area contributed by atoms with Crippen molar-refractivity contribution in [1.82, 2.24) is 0 Å². The van der Waals surface area contributed by atoms with Gasteiger partial charge in [-0.15, -0.1) is 0 Å². The van der Waals surface area contributed by atoms with E-state index >= 15 is 0 Å². The topological polar surface area (TPSA) is 44.5 Å². The molecule has 2 aromatic carbocycles. The van der Waals surface area contributed by atoms with Gasteiger partial charge < -0.3 is 15.2 Å². The summed E-state index contributed by atoms with van der Waals surface area (Å²) < 4.78 is 10.8. The predicted molar refractivity (Wildman–Crippen MR) is 71.2 cm³/mol. The fourth-order valence-electron chi connectivity index (χ4n) is 1.51. The van der Waals surface area contributed by atoms with Crippen molar-refractivity contribution in [3.05, 3.63) is 53.1 Å². The minimum atomic E-state index is 0.375. The zero-order valence-corrected chi connectivity index (χ0v) is 10.7. The Hall–Kier alpha value is -1.71. The van der Waals surface area contributed by atoms with Crippen LogP contribution in [0.2, 0.25) is 5.02 Å². The number of rotatable bonds is 4. The van der Waals surface area contributed by atoms with Crippen molar-refractivity contribution in [2.45, 2.75) is 6.54 Å². The molecule has 0 aliphatic rings. The smallest absolute Gasteiger partial charge is 0.129 e. The van der Waals surface area contributed by atoms with E-state index in [1.54, 1.807) is 13.2 Å². The van der Waals surface area contributed by atoms with Crippen molar-refractivity contribution in [1.29, 1.82) is 0 Å². The Morgan fingerprint density at radius 2 is 1.78 bits per heavy atom. The van der Waals surface area contributed by atoms with Crippen LogP contribution in [0.15, 0.2) is 36.4 Å². The summed E-state index contributed by atoms with van der Waals surface area (Å²) in [7, 11) is 1.62. The van der Waals surface area contributed by atoms with Gasteiger partial charge in [0.15, 0.2) is 0 Å². The number of methoxy groups -OCH3 is 1. The van der Waals surface area contributed by atoms with E-state index < -0.39 is 0 Å². The van der Waals surface area contributed by atoms with Crippen molar-refractivity contribution >= 4 is 11.6 Å². The Morgan fingerprint density at radius 1 is 1.11 bits per heavy atom. The summed E-state index contributed by atoms with van der Waals surface area (Å²) in [5, 5.41) is 0.487. The van der Waals surface area contributed by atoms with E-state index in [2.05, 4.69) is 6.07 Å². The SMILES string of the molecule is COc1ccc(Oc2cc(Cl)[c]c(CN)c2)cc1. The molecule has 0 saturated heterocycles. The van der Waals surface area contributed by atoms with Crippen molar-refractivity contribution in [3.63, 3.8) is 0 Å². The van der Waals surface area contributed by atoms with Gasteiger partial charge in [0, 0.05) is 18.7 Å². The van der Waals surface area contributed by atoms with Gasteiger partial charge >= 0.3 is 0 Å². The summed E-state index contributed by atoms with van der Waals surface area (Å²) in [6.45, 7) is 0.375. The van der Waals surface area contributed by atoms with Gasteiger partial charge in [0.25, 0.3) is 0 Å².